The minimum atomic E-state index is -0.438. The number of carbonyl (C=O) groups excluding carboxylic acids is 1. The topological polar surface area (TPSA) is 52.1 Å². The smallest absolute Gasteiger partial charge is 0.344 e. The highest BCUT2D eigenvalue weighted by Gasteiger charge is 2.10. The fourth-order valence-corrected chi connectivity index (χ4v) is 2.36. The molecule has 0 saturated carbocycles. The van der Waals surface area contributed by atoms with Gasteiger partial charge in [0.05, 0.1) is 11.3 Å². The molecule has 0 radical (unpaired) electrons. The number of ether oxygens (including phenoxy) is 1. The van der Waals surface area contributed by atoms with Gasteiger partial charge >= 0.3 is 5.97 Å². The largest absolute Gasteiger partial charge is 0.402 e. The number of carbonyl (C=O) groups is 1. The third-order valence-electron chi connectivity index (χ3n) is 3.89. The van der Waals surface area contributed by atoms with Crippen LogP contribution in [0.3, 0.4) is 0 Å². The molecular weight excluding hydrogens is 300 g/mol. The number of aryl methyl sites for hydroxylation is 3. The number of hydrogen-bond donors (Lipinski definition) is 0. The predicted octanol–water partition coefficient (Wildman–Crippen LogP) is 4.29. The van der Waals surface area contributed by atoms with Gasteiger partial charge in [0.15, 0.2) is 0 Å². The molecule has 0 aliphatic rings. The second-order valence-corrected chi connectivity index (χ2v) is 5.81. The van der Waals surface area contributed by atoms with Crippen molar-refractivity contribution in [2.24, 2.45) is 0 Å². The Bertz CT molecular complexity index is 886. The summed E-state index contributed by atoms with van der Waals surface area (Å²) in [6, 6.07) is 16.8. The molecule has 0 spiro atoms. The molecule has 0 unspecified atom stereocenters. The van der Waals surface area contributed by atoms with Crippen LogP contribution < -0.4 is 4.74 Å². The summed E-state index contributed by atoms with van der Waals surface area (Å²) in [4.78, 5) is 12.1. The molecule has 0 bridgehead atoms. The predicted molar refractivity (Wildman–Crippen MR) is 93.1 cm³/mol. The minimum Gasteiger partial charge on any atom is -0.402 e. The van der Waals surface area contributed by atoms with Crippen LogP contribution in [0.5, 0.6) is 5.88 Å². The van der Waals surface area contributed by atoms with E-state index in [1.165, 1.54) is 11.1 Å². The van der Waals surface area contributed by atoms with Crippen LogP contribution in [0, 0.1) is 20.8 Å². The number of esters is 1. The molecule has 0 aliphatic heterocycles. The van der Waals surface area contributed by atoms with Crippen LogP contribution in [0.2, 0.25) is 0 Å². The Balaban J connectivity index is 1.77. The van der Waals surface area contributed by atoms with E-state index >= 15 is 0 Å². The summed E-state index contributed by atoms with van der Waals surface area (Å²) in [5, 5.41) is 8.16. The van der Waals surface area contributed by atoms with Gasteiger partial charge < -0.3 is 4.74 Å². The van der Waals surface area contributed by atoms with Crippen LogP contribution >= 0.6 is 0 Å². The SMILES string of the molecule is Cc1cccc(C(=O)Oc2ccc(-c3ccc(C)c(C)c3)nn2)c1. The van der Waals surface area contributed by atoms with Crippen LogP contribution in [0.15, 0.2) is 54.6 Å². The molecule has 4 nitrogen and oxygen atoms in total. The van der Waals surface area contributed by atoms with E-state index in [0.29, 0.717) is 5.56 Å². The molecule has 2 aromatic carbocycles. The fraction of sp³-hybridized carbons (Fsp3) is 0.150. The van der Waals surface area contributed by atoms with Crippen molar-refractivity contribution in [3.05, 3.63) is 76.9 Å². The zero-order valence-corrected chi connectivity index (χ0v) is 13.9. The second-order valence-electron chi connectivity index (χ2n) is 5.81. The third kappa shape index (κ3) is 3.49. The molecule has 0 atom stereocenters. The lowest BCUT2D eigenvalue weighted by molar-refractivity contribution is 0.0725. The van der Waals surface area contributed by atoms with Gasteiger partial charge in [-0.3, -0.25) is 0 Å². The Labute approximate surface area is 141 Å². The molecule has 0 saturated heterocycles. The van der Waals surface area contributed by atoms with Gasteiger partial charge in [0, 0.05) is 11.6 Å². The summed E-state index contributed by atoms with van der Waals surface area (Å²) in [7, 11) is 0. The van der Waals surface area contributed by atoms with Gasteiger partial charge in [0.25, 0.3) is 0 Å². The van der Waals surface area contributed by atoms with E-state index in [-0.39, 0.29) is 5.88 Å². The van der Waals surface area contributed by atoms with Crippen molar-refractivity contribution in [2.75, 3.05) is 0 Å². The summed E-state index contributed by atoms with van der Waals surface area (Å²) in [6.45, 7) is 6.05. The fourth-order valence-electron chi connectivity index (χ4n) is 2.36. The van der Waals surface area contributed by atoms with E-state index in [2.05, 4.69) is 36.2 Å². The summed E-state index contributed by atoms with van der Waals surface area (Å²) in [5.41, 5.74) is 5.66. The van der Waals surface area contributed by atoms with Gasteiger partial charge in [0.2, 0.25) is 5.88 Å². The Hall–Kier alpha value is -3.01. The van der Waals surface area contributed by atoms with Gasteiger partial charge in [-0.2, -0.15) is 0 Å². The third-order valence-corrected chi connectivity index (χ3v) is 3.89. The molecule has 3 rings (SSSR count). The number of rotatable bonds is 3. The van der Waals surface area contributed by atoms with Crippen molar-refractivity contribution in [3.8, 4) is 17.1 Å². The number of nitrogens with zero attached hydrogens (tertiary/aromatic N) is 2. The van der Waals surface area contributed by atoms with Crippen LogP contribution in [0.25, 0.3) is 11.3 Å². The van der Waals surface area contributed by atoms with Crippen molar-refractivity contribution >= 4 is 5.97 Å². The molecule has 0 aliphatic carbocycles. The molecular formula is C20H18N2O2. The van der Waals surface area contributed by atoms with Gasteiger partial charge in [-0.25, -0.2) is 4.79 Å². The Kier molecular flexibility index (Phi) is 4.38. The monoisotopic (exact) mass is 318 g/mol. The lowest BCUT2D eigenvalue weighted by atomic mass is 10.0. The van der Waals surface area contributed by atoms with Crippen molar-refractivity contribution in [2.45, 2.75) is 20.8 Å². The molecule has 3 aromatic rings. The van der Waals surface area contributed by atoms with Crippen LogP contribution in [-0.4, -0.2) is 16.2 Å². The maximum Gasteiger partial charge on any atom is 0.344 e. The first-order chi connectivity index (χ1) is 11.5. The lowest BCUT2D eigenvalue weighted by Gasteiger charge is -2.06. The molecule has 0 fully saturated rings. The molecule has 120 valence electrons. The van der Waals surface area contributed by atoms with Crippen molar-refractivity contribution in [1.29, 1.82) is 0 Å². The van der Waals surface area contributed by atoms with Crippen LogP contribution in [0.4, 0.5) is 0 Å². The Morgan fingerprint density at radius 3 is 2.38 bits per heavy atom. The van der Waals surface area contributed by atoms with Crippen LogP contribution in [-0.2, 0) is 0 Å². The van der Waals surface area contributed by atoms with Crippen molar-refractivity contribution in [1.82, 2.24) is 10.2 Å². The lowest BCUT2D eigenvalue weighted by Crippen LogP contribution is -2.10. The summed E-state index contributed by atoms with van der Waals surface area (Å²) < 4.78 is 5.28. The first kappa shape index (κ1) is 15.9. The number of hydrogen-bond acceptors (Lipinski definition) is 4. The van der Waals surface area contributed by atoms with Crippen molar-refractivity contribution < 1.29 is 9.53 Å². The van der Waals surface area contributed by atoms with Crippen molar-refractivity contribution in [3.63, 3.8) is 0 Å². The molecule has 0 amide bonds. The maximum atomic E-state index is 12.1. The second kappa shape index (κ2) is 6.62. The van der Waals surface area contributed by atoms with Gasteiger partial charge in [-0.15, -0.1) is 10.2 Å². The first-order valence-corrected chi connectivity index (χ1v) is 7.73. The summed E-state index contributed by atoms with van der Waals surface area (Å²) in [6.07, 6.45) is 0. The first-order valence-electron chi connectivity index (χ1n) is 7.73. The zero-order chi connectivity index (χ0) is 17.1. The van der Waals surface area contributed by atoms with Gasteiger partial charge in [-0.05, 0) is 56.2 Å². The normalized spacial score (nSPS) is 10.5. The van der Waals surface area contributed by atoms with Crippen LogP contribution in [0.1, 0.15) is 27.0 Å². The standard InChI is InChI=1S/C20H18N2O2/c1-13-5-4-6-17(11-13)20(23)24-19-10-9-18(21-22-19)16-8-7-14(2)15(3)12-16/h4-12H,1-3H3. The average molecular weight is 318 g/mol. The van der Waals surface area contributed by atoms with E-state index in [1.807, 2.05) is 25.1 Å². The molecule has 24 heavy (non-hydrogen) atoms. The molecule has 1 aromatic heterocycles. The minimum absolute atomic E-state index is 0.189. The highest BCUT2D eigenvalue weighted by molar-refractivity contribution is 5.91. The van der Waals surface area contributed by atoms with E-state index in [0.717, 1.165) is 16.8 Å². The highest BCUT2D eigenvalue weighted by atomic mass is 16.5. The van der Waals surface area contributed by atoms with E-state index in [1.54, 1.807) is 24.3 Å². The van der Waals surface area contributed by atoms with E-state index in [4.69, 9.17) is 4.74 Å². The Morgan fingerprint density at radius 2 is 1.71 bits per heavy atom. The van der Waals surface area contributed by atoms with Gasteiger partial charge in [-0.1, -0.05) is 29.8 Å². The quantitative estimate of drug-likeness (QED) is 0.676. The number of benzene rings is 2. The summed E-state index contributed by atoms with van der Waals surface area (Å²) in [5.74, 6) is -0.249. The summed E-state index contributed by atoms with van der Waals surface area (Å²) >= 11 is 0. The highest BCUT2D eigenvalue weighted by Crippen LogP contribution is 2.21. The number of aromatic nitrogens is 2. The average Bonchev–Trinajstić information content (AvgIpc) is 2.58. The molecule has 0 N–H and O–H groups in total. The van der Waals surface area contributed by atoms with E-state index < -0.39 is 5.97 Å². The molecule has 1 heterocycles. The van der Waals surface area contributed by atoms with Gasteiger partial charge in [0.1, 0.15) is 0 Å². The Morgan fingerprint density at radius 1 is 0.875 bits per heavy atom. The molecule has 4 heteroatoms. The maximum absolute atomic E-state index is 12.1. The van der Waals surface area contributed by atoms with E-state index in [9.17, 15) is 4.79 Å². The zero-order valence-electron chi connectivity index (χ0n) is 13.9.